The second-order valence-electron chi connectivity index (χ2n) is 6.26. The molecule has 0 aromatic rings. The molecule has 122 valence electrons. The number of piperidine rings is 1. The van der Waals surface area contributed by atoms with Crippen LogP contribution >= 0.6 is 0 Å². The Morgan fingerprint density at radius 2 is 1.90 bits per heavy atom. The molecular weight excluding hydrogens is 296 g/mol. The van der Waals surface area contributed by atoms with E-state index in [0.717, 1.165) is 12.8 Å². The normalized spacial score (nSPS) is 24.8. The van der Waals surface area contributed by atoms with Crippen molar-refractivity contribution in [1.82, 2.24) is 9.03 Å². The maximum absolute atomic E-state index is 12.3. The van der Waals surface area contributed by atoms with Gasteiger partial charge < -0.3 is 9.84 Å². The number of carboxylic acids is 1. The highest BCUT2D eigenvalue weighted by molar-refractivity contribution is 7.87. The predicted octanol–water partition coefficient (Wildman–Crippen LogP) is 0.434. The maximum Gasteiger partial charge on any atom is 0.306 e. The minimum atomic E-state index is -3.52. The lowest BCUT2D eigenvalue weighted by atomic mass is 9.83. The van der Waals surface area contributed by atoms with Crippen molar-refractivity contribution in [1.29, 1.82) is 0 Å². The molecule has 2 saturated heterocycles. The second kappa shape index (κ2) is 6.60. The Morgan fingerprint density at radius 3 is 2.43 bits per heavy atom. The van der Waals surface area contributed by atoms with Crippen LogP contribution in [0.25, 0.3) is 0 Å². The van der Waals surface area contributed by atoms with Crippen molar-refractivity contribution in [2.75, 3.05) is 32.8 Å². The van der Waals surface area contributed by atoms with Crippen LogP contribution in [0.1, 0.15) is 32.6 Å². The van der Waals surface area contributed by atoms with Crippen molar-refractivity contribution in [3.8, 4) is 0 Å². The summed E-state index contributed by atoms with van der Waals surface area (Å²) in [6, 6.07) is 0. The van der Waals surface area contributed by atoms with Gasteiger partial charge in [0.2, 0.25) is 0 Å². The minimum Gasteiger partial charge on any atom is -0.481 e. The van der Waals surface area contributed by atoms with Crippen LogP contribution in [0.15, 0.2) is 0 Å². The zero-order valence-corrected chi connectivity index (χ0v) is 13.2. The van der Waals surface area contributed by atoms with Crippen molar-refractivity contribution in [2.24, 2.45) is 11.3 Å². The molecule has 2 heterocycles. The summed E-state index contributed by atoms with van der Waals surface area (Å²) in [4.78, 5) is 10.9. The molecule has 0 unspecified atom stereocenters. The molecule has 2 rings (SSSR count). The molecule has 0 spiro atoms. The number of hydrogen-bond acceptors (Lipinski definition) is 4. The molecule has 7 nitrogen and oxygen atoms in total. The van der Waals surface area contributed by atoms with E-state index >= 15 is 0 Å². The Morgan fingerprint density at radius 1 is 1.33 bits per heavy atom. The third-order valence-corrected chi connectivity index (χ3v) is 6.08. The van der Waals surface area contributed by atoms with Gasteiger partial charge in [-0.2, -0.15) is 12.7 Å². The van der Waals surface area contributed by atoms with Crippen molar-refractivity contribution < 1.29 is 23.1 Å². The van der Waals surface area contributed by atoms with E-state index in [1.807, 2.05) is 0 Å². The molecule has 21 heavy (non-hydrogen) atoms. The van der Waals surface area contributed by atoms with Gasteiger partial charge in [0.1, 0.15) is 0 Å². The first-order valence-electron chi connectivity index (χ1n) is 7.38. The van der Waals surface area contributed by atoms with Gasteiger partial charge in [0.15, 0.2) is 0 Å². The Bertz CT molecular complexity index is 465. The van der Waals surface area contributed by atoms with E-state index in [1.165, 1.54) is 4.31 Å². The fourth-order valence-electron chi connectivity index (χ4n) is 2.74. The molecule has 0 atom stereocenters. The number of nitrogens with zero attached hydrogens (tertiary/aromatic N) is 1. The summed E-state index contributed by atoms with van der Waals surface area (Å²) in [5.41, 5.74) is -0.0648. The van der Waals surface area contributed by atoms with Gasteiger partial charge in [-0.1, -0.05) is 6.92 Å². The molecule has 8 heteroatoms. The Balaban J connectivity index is 1.86. The van der Waals surface area contributed by atoms with Gasteiger partial charge >= 0.3 is 5.97 Å². The number of hydrogen-bond donors (Lipinski definition) is 2. The smallest absolute Gasteiger partial charge is 0.306 e. The highest BCUT2D eigenvalue weighted by Crippen LogP contribution is 2.29. The topological polar surface area (TPSA) is 95.9 Å². The molecule has 2 fully saturated rings. The first-order chi connectivity index (χ1) is 9.82. The molecular formula is C13H24N2O5S. The van der Waals surface area contributed by atoms with Crippen LogP contribution in [0.5, 0.6) is 0 Å². The number of carbonyl (C=O) groups is 1. The van der Waals surface area contributed by atoms with Crippen LogP contribution in [-0.2, 0) is 19.7 Å². The zero-order chi connectivity index (χ0) is 15.5. The SMILES string of the molecule is CC1(CNS(=O)(=O)N2CCC(C(=O)O)CC2)CCOCC1. The number of carboxylic acid groups (broad SMARTS) is 1. The van der Waals surface area contributed by atoms with Crippen LogP contribution in [-0.4, -0.2) is 56.6 Å². The third-order valence-electron chi connectivity index (χ3n) is 4.52. The van der Waals surface area contributed by atoms with E-state index in [1.54, 1.807) is 0 Å². The van der Waals surface area contributed by atoms with Crippen molar-refractivity contribution in [3.63, 3.8) is 0 Å². The second-order valence-corrected chi connectivity index (χ2v) is 8.02. The number of nitrogens with one attached hydrogen (secondary N) is 1. The lowest BCUT2D eigenvalue weighted by molar-refractivity contribution is -0.142. The van der Waals surface area contributed by atoms with E-state index in [0.29, 0.717) is 32.6 Å². The lowest BCUT2D eigenvalue weighted by Crippen LogP contribution is -2.49. The Kier molecular flexibility index (Phi) is 5.24. The monoisotopic (exact) mass is 320 g/mol. The van der Waals surface area contributed by atoms with Crippen LogP contribution < -0.4 is 4.72 Å². The predicted molar refractivity (Wildman–Crippen MR) is 77.0 cm³/mol. The first kappa shape index (κ1) is 16.7. The summed E-state index contributed by atoms with van der Waals surface area (Å²) in [6.07, 6.45) is 2.44. The zero-order valence-electron chi connectivity index (χ0n) is 12.4. The lowest BCUT2D eigenvalue weighted by Gasteiger charge is -2.35. The fraction of sp³-hybridized carbons (Fsp3) is 0.923. The van der Waals surface area contributed by atoms with E-state index in [2.05, 4.69) is 11.6 Å². The molecule has 2 N–H and O–H groups in total. The summed E-state index contributed by atoms with van der Waals surface area (Å²) < 4.78 is 33.9. The average Bonchev–Trinajstić information content (AvgIpc) is 2.46. The highest BCUT2D eigenvalue weighted by Gasteiger charge is 2.33. The number of aliphatic carboxylic acids is 1. The summed E-state index contributed by atoms with van der Waals surface area (Å²) >= 11 is 0. The molecule has 0 saturated carbocycles. The maximum atomic E-state index is 12.3. The number of rotatable bonds is 5. The van der Waals surface area contributed by atoms with Crippen molar-refractivity contribution in [3.05, 3.63) is 0 Å². The van der Waals surface area contributed by atoms with Crippen LogP contribution in [0.2, 0.25) is 0 Å². The third kappa shape index (κ3) is 4.38. The van der Waals surface area contributed by atoms with Gasteiger partial charge in [-0.25, -0.2) is 4.72 Å². The van der Waals surface area contributed by atoms with Crippen molar-refractivity contribution in [2.45, 2.75) is 32.6 Å². The highest BCUT2D eigenvalue weighted by atomic mass is 32.2. The van der Waals surface area contributed by atoms with Gasteiger partial charge in [-0.15, -0.1) is 0 Å². The summed E-state index contributed by atoms with van der Waals surface area (Å²) in [5.74, 6) is -1.26. The Hall–Kier alpha value is -0.700. The Labute approximate surface area is 125 Å². The van der Waals surface area contributed by atoms with Gasteiger partial charge in [-0.05, 0) is 31.1 Å². The molecule has 0 amide bonds. The molecule has 0 aromatic carbocycles. The number of ether oxygens (including phenoxy) is 1. The quantitative estimate of drug-likeness (QED) is 0.766. The van der Waals surface area contributed by atoms with Gasteiger partial charge in [-0.3, -0.25) is 4.79 Å². The fourth-order valence-corrected chi connectivity index (χ4v) is 4.15. The van der Waals surface area contributed by atoms with E-state index in [9.17, 15) is 13.2 Å². The standard InChI is InChI=1S/C13H24N2O5S/c1-13(4-8-20-9-5-13)10-14-21(18,19)15-6-2-11(3-7-15)12(16)17/h11,14H,2-10H2,1H3,(H,16,17). The summed E-state index contributed by atoms with van der Waals surface area (Å²) in [6.45, 7) is 4.34. The summed E-state index contributed by atoms with van der Waals surface area (Å²) in [5, 5.41) is 8.94. The molecule has 0 aliphatic carbocycles. The average molecular weight is 320 g/mol. The van der Waals surface area contributed by atoms with Crippen molar-refractivity contribution >= 4 is 16.2 Å². The van der Waals surface area contributed by atoms with Gasteiger partial charge in [0.25, 0.3) is 10.2 Å². The van der Waals surface area contributed by atoms with E-state index in [-0.39, 0.29) is 18.5 Å². The van der Waals surface area contributed by atoms with Gasteiger partial charge in [0, 0.05) is 32.8 Å². The van der Waals surface area contributed by atoms with Crippen LogP contribution in [0.3, 0.4) is 0 Å². The van der Waals surface area contributed by atoms with Gasteiger partial charge in [0.05, 0.1) is 5.92 Å². The summed E-state index contributed by atoms with van der Waals surface area (Å²) in [7, 11) is -3.52. The minimum absolute atomic E-state index is 0.0648. The van der Waals surface area contributed by atoms with E-state index in [4.69, 9.17) is 9.84 Å². The molecule has 2 aliphatic heterocycles. The molecule has 0 aromatic heterocycles. The molecule has 0 radical (unpaired) electrons. The van der Waals surface area contributed by atoms with Crippen LogP contribution in [0.4, 0.5) is 0 Å². The molecule has 0 bridgehead atoms. The molecule has 2 aliphatic rings. The largest absolute Gasteiger partial charge is 0.481 e. The first-order valence-corrected chi connectivity index (χ1v) is 8.82. The van der Waals surface area contributed by atoms with E-state index < -0.39 is 22.1 Å². The van der Waals surface area contributed by atoms with Crippen LogP contribution in [0, 0.1) is 11.3 Å².